The highest BCUT2D eigenvalue weighted by Crippen LogP contribution is 2.06. The van der Waals surface area contributed by atoms with Crippen LogP contribution in [0.5, 0.6) is 0 Å². The highest BCUT2D eigenvalue weighted by Gasteiger charge is 1.94. The van der Waals surface area contributed by atoms with E-state index in [1.807, 2.05) is 39.8 Å². The monoisotopic (exact) mass is 178 g/mol. The molecule has 13 heavy (non-hydrogen) atoms. The highest BCUT2D eigenvalue weighted by atomic mass is 14.9. The van der Waals surface area contributed by atoms with Crippen molar-refractivity contribution in [1.82, 2.24) is 9.97 Å². The van der Waals surface area contributed by atoms with Crippen molar-refractivity contribution in [2.45, 2.75) is 27.7 Å². The fourth-order valence-electron chi connectivity index (χ4n) is 0.790. The van der Waals surface area contributed by atoms with Crippen LogP contribution in [0.25, 0.3) is 6.08 Å². The van der Waals surface area contributed by atoms with Crippen LogP contribution in [-0.4, -0.2) is 9.97 Å². The van der Waals surface area contributed by atoms with Crippen molar-refractivity contribution in [3.05, 3.63) is 35.9 Å². The minimum atomic E-state index is 0.988. The van der Waals surface area contributed by atoms with Crippen LogP contribution in [0, 0.1) is 6.92 Å². The molecule has 0 unspecified atom stereocenters. The Morgan fingerprint density at radius 3 is 2.54 bits per heavy atom. The van der Waals surface area contributed by atoms with E-state index >= 15 is 0 Å². The number of nitrogens with one attached hydrogen (secondary N) is 1. The molecule has 0 aliphatic rings. The Morgan fingerprint density at radius 2 is 2.15 bits per heavy atom. The molecular formula is C11H18N2. The predicted octanol–water partition coefficient (Wildman–Crippen LogP) is 3.33. The molecule has 1 heterocycles. The van der Waals surface area contributed by atoms with Crippen LogP contribution in [0.1, 0.15) is 32.2 Å². The molecule has 0 aliphatic carbocycles. The number of aryl methyl sites for hydroxylation is 1. The van der Waals surface area contributed by atoms with Crippen molar-refractivity contribution >= 4 is 6.08 Å². The first kappa shape index (κ1) is 11.7. The highest BCUT2D eigenvalue weighted by molar-refractivity contribution is 5.53. The maximum absolute atomic E-state index is 4.12. The van der Waals surface area contributed by atoms with E-state index in [2.05, 4.69) is 16.5 Å². The van der Waals surface area contributed by atoms with Crippen molar-refractivity contribution in [3.8, 4) is 0 Å². The summed E-state index contributed by atoms with van der Waals surface area (Å²) in [7, 11) is 0. The van der Waals surface area contributed by atoms with Gasteiger partial charge in [0.1, 0.15) is 0 Å². The van der Waals surface area contributed by atoms with Crippen molar-refractivity contribution < 1.29 is 0 Å². The molecule has 0 saturated carbocycles. The molecule has 2 nitrogen and oxygen atoms in total. The van der Waals surface area contributed by atoms with Crippen LogP contribution in [-0.2, 0) is 0 Å². The van der Waals surface area contributed by atoms with E-state index < -0.39 is 0 Å². The van der Waals surface area contributed by atoms with Gasteiger partial charge in [-0.15, -0.1) is 0 Å². The van der Waals surface area contributed by atoms with Crippen LogP contribution < -0.4 is 0 Å². The first-order chi connectivity index (χ1) is 6.24. The molecule has 0 amide bonds. The van der Waals surface area contributed by atoms with Gasteiger partial charge >= 0.3 is 0 Å². The molecule has 2 heteroatoms. The van der Waals surface area contributed by atoms with E-state index in [0.29, 0.717) is 0 Å². The van der Waals surface area contributed by atoms with Crippen molar-refractivity contribution in [3.63, 3.8) is 0 Å². The largest absolute Gasteiger partial charge is 0.348 e. The number of allylic oxidation sites excluding steroid dienone is 2. The standard InChI is InChI=1S/C9H12N2.C2H6/c1-4-7(2)5-9-8(3)10-6-11-9;1-2/h4-6H,1H2,2-3H3,(H,10,11);1-2H3/b7-5-;. The molecule has 0 atom stereocenters. The first-order valence-corrected chi connectivity index (χ1v) is 4.54. The molecule has 0 fully saturated rings. The fourth-order valence-corrected chi connectivity index (χ4v) is 0.790. The lowest BCUT2D eigenvalue weighted by molar-refractivity contribution is 1.25. The normalized spacial score (nSPS) is 10.3. The van der Waals surface area contributed by atoms with E-state index in [0.717, 1.165) is 17.0 Å². The molecule has 0 radical (unpaired) electrons. The summed E-state index contributed by atoms with van der Waals surface area (Å²) >= 11 is 0. The van der Waals surface area contributed by atoms with Gasteiger partial charge in [0.15, 0.2) is 0 Å². The summed E-state index contributed by atoms with van der Waals surface area (Å²) in [5, 5.41) is 0. The molecule has 1 aromatic rings. The number of hydrogen-bond acceptors (Lipinski definition) is 1. The third-order valence-electron chi connectivity index (χ3n) is 1.56. The van der Waals surface area contributed by atoms with Crippen LogP contribution >= 0.6 is 0 Å². The lowest BCUT2D eigenvalue weighted by Crippen LogP contribution is -1.77. The van der Waals surface area contributed by atoms with E-state index in [4.69, 9.17) is 0 Å². The Kier molecular flexibility index (Phi) is 5.60. The summed E-state index contributed by atoms with van der Waals surface area (Å²) in [5.74, 6) is 0. The number of imidazole rings is 1. The predicted molar refractivity (Wildman–Crippen MR) is 58.5 cm³/mol. The van der Waals surface area contributed by atoms with Gasteiger partial charge in [-0.3, -0.25) is 0 Å². The minimum absolute atomic E-state index is 0.988. The number of nitrogens with zero attached hydrogens (tertiary/aromatic N) is 1. The van der Waals surface area contributed by atoms with Crippen LogP contribution in [0.4, 0.5) is 0 Å². The topological polar surface area (TPSA) is 28.7 Å². The quantitative estimate of drug-likeness (QED) is 0.691. The van der Waals surface area contributed by atoms with Gasteiger partial charge in [-0.1, -0.05) is 26.5 Å². The van der Waals surface area contributed by atoms with Gasteiger partial charge in [0.2, 0.25) is 0 Å². The summed E-state index contributed by atoms with van der Waals surface area (Å²) in [6.07, 6.45) is 5.50. The molecule has 0 saturated heterocycles. The number of rotatable bonds is 2. The summed E-state index contributed by atoms with van der Waals surface area (Å²) in [6.45, 7) is 11.7. The first-order valence-electron chi connectivity index (χ1n) is 4.54. The maximum Gasteiger partial charge on any atom is 0.0929 e. The Balaban J connectivity index is 0.000000671. The van der Waals surface area contributed by atoms with Gasteiger partial charge in [-0.2, -0.15) is 0 Å². The zero-order valence-electron chi connectivity index (χ0n) is 8.89. The van der Waals surface area contributed by atoms with Gasteiger partial charge in [-0.25, -0.2) is 4.98 Å². The number of H-pyrrole nitrogens is 1. The van der Waals surface area contributed by atoms with E-state index in [1.165, 1.54) is 0 Å². The zero-order valence-corrected chi connectivity index (χ0v) is 8.89. The van der Waals surface area contributed by atoms with Crippen molar-refractivity contribution in [2.24, 2.45) is 0 Å². The smallest absolute Gasteiger partial charge is 0.0929 e. The Bertz CT molecular complexity index is 282. The second-order valence-corrected chi connectivity index (χ2v) is 2.51. The second kappa shape index (κ2) is 6.23. The molecule has 1 rings (SSSR count). The van der Waals surface area contributed by atoms with Crippen molar-refractivity contribution in [2.75, 3.05) is 0 Å². The molecule has 0 aromatic carbocycles. The van der Waals surface area contributed by atoms with E-state index in [1.54, 1.807) is 6.33 Å². The van der Waals surface area contributed by atoms with Gasteiger partial charge in [0, 0.05) is 5.69 Å². The summed E-state index contributed by atoms with van der Waals surface area (Å²) in [6, 6.07) is 0. The van der Waals surface area contributed by atoms with Gasteiger partial charge < -0.3 is 4.98 Å². The second-order valence-electron chi connectivity index (χ2n) is 2.51. The molecule has 0 aliphatic heterocycles. The maximum atomic E-state index is 4.12. The van der Waals surface area contributed by atoms with E-state index in [9.17, 15) is 0 Å². The van der Waals surface area contributed by atoms with E-state index in [-0.39, 0.29) is 0 Å². The number of aromatic nitrogens is 2. The van der Waals surface area contributed by atoms with Crippen LogP contribution in [0.2, 0.25) is 0 Å². The fraction of sp³-hybridized carbons (Fsp3) is 0.364. The van der Waals surface area contributed by atoms with Gasteiger partial charge in [0.25, 0.3) is 0 Å². The Morgan fingerprint density at radius 1 is 1.54 bits per heavy atom. The third kappa shape index (κ3) is 3.74. The van der Waals surface area contributed by atoms with Gasteiger partial charge in [0.05, 0.1) is 12.0 Å². The molecule has 72 valence electrons. The lowest BCUT2D eigenvalue weighted by Gasteiger charge is -1.90. The lowest BCUT2D eigenvalue weighted by atomic mass is 10.2. The molecular weight excluding hydrogens is 160 g/mol. The average molecular weight is 178 g/mol. The zero-order chi connectivity index (χ0) is 10.3. The minimum Gasteiger partial charge on any atom is -0.348 e. The van der Waals surface area contributed by atoms with Crippen LogP contribution in [0.15, 0.2) is 24.6 Å². The molecule has 0 spiro atoms. The summed E-state index contributed by atoms with van der Waals surface area (Å²) in [4.78, 5) is 7.13. The molecule has 1 aromatic heterocycles. The SMILES string of the molecule is C=C/C(C)=C\c1nc[nH]c1C.CC. The molecule has 0 bridgehead atoms. The Hall–Kier alpha value is -1.31. The third-order valence-corrected chi connectivity index (χ3v) is 1.56. The number of hydrogen-bond donors (Lipinski definition) is 1. The molecule has 1 N–H and O–H groups in total. The summed E-state index contributed by atoms with van der Waals surface area (Å²) in [5.41, 5.74) is 3.20. The van der Waals surface area contributed by atoms with Gasteiger partial charge in [-0.05, 0) is 25.5 Å². The summed E-state index contributed by atoms with van der Waals surface area (Å²) < 4.78 is 0. The van der Waals surface area contributed by atoms with Crippen LogP contribution in [0.3, 0.4) is 0 Å². The average Bonchev–Trinajstić information content (AvgIpc) is 2.55. The Labute approximate surface area is 80.4 Å². The number of aromatic amines is 1. The van der Waals surface area contributed by atoms with Crippen molar-refractivity contribution in [1.29, 1.82) is 0 Å².